The molecule has 2 heteroatoms. The van der Waals surface area contributed by atoms with Crippen LogP contribution in [0.1, 0.15) is 34.3 Å². The molecular weight excluding hydrogens is 156 g/mol. The van der Waals surface area contributed by atoms with Crippen LogP contribution in [0.5, 0.6) is 0 Å². The fourth-order valence-corrected chi connectivity index (χ4v) is 2.77. The Hall–Kier alpha value is -0.340. The summed E-state index contributed by atoms with van der Waals surface area (Å²) in [6, 6.07) is 2.21. The average molecular weight is 168 g/mol. The first kappa shape index (κ1) is 7.32. The maximum absolute atomic E-state index is 9.59. The van der Waals surface area contributed by atoms with Crippen LogP contribution in [0.25, 0.3) is 0 Å². The molecule has 1 atom stereocenters. The third-order valence-electron chi connectivity index (χ3n) is 2.19. The summed E-state index contributed by atoms with van der Waals surface area (Å²) < 4.78 is 0. The fraction of sp³-hybridized carbons (Fsp3) is 0.556. The summed E-state index contributed by atoms with van der Waals surface area (Å²) in [7, 11) is 0. The Balaban J connectivity index is 2.43. The van der Waals surface area contributed by atoms with Crippen LogP contribution < -0.4 is 0 Å². The summed E-state index contributed by atoms with van der Waals surface area (Å²) in [5.41, 5.74) is 1.38. The molecule has 2 rings (SSSR count). The lowest BCUT2D eigenvalue weighted by Crippen LogP contribution is -2.04. The lowest BCUT2D eigenvalue weighted by molar-refractivity contribution is 0.161. The summed E-state index contributed by atoms with van der Waals surface area (Å²) in [5, 5.41) is 9.59. The Morgan fingerprint density at radius 1 is 1.64 bits per heavy atom. The van der Waals surface area contributed by atoms with Crippen molar-refractivity contribution in [3.8, 4) is 0 Å². The number of rotatable bonds is 0. The van der Waals surface area contributed by atoms with Crippen LogP contribution in [0.4, 0.5) is 0 Å². The first-order chi connectivity index (χ1) is 5.27. The summed E-state index contributed by atoms with van der Waals surface area (Å²) in [6.45, 7) is 2.11. The highest BCUT2D eigenvalue weighted by Gasteiger charge is 2.19. The number of hydrogen-bond donors (Lipinski definition) is 1. The zero-order chi connectivity index (χ0) is 7.84. The monoisotopic (exact) mass is 168 g/mol. The van der Waals surface area contributed by atoms with Crippen molar-refractivity contribution in [3.63, 3.8) is 0 Å². The zero-order valence-corrected chi connectivity index (χ0v) is 7.45. The van der Waals surface area contributed by atoms with Crippen LogP contribution in [-0.2, 0) is 6.42 Å². The van der Waals surface area contributed by atoms with E-state index in [1.54, 1.807) is 11.3 Å². The predicted octanol–water partition coefficient (Wildman–Crippen LogP) is 2.43. The first-order valence-electron chi connectivity index (χ1n) is 4.04. The van der Waals surface area contributed by atoms with Gasteiger partial charge in [-0.2, -0.15) is 0 Å². The van der Waals surface area contributed by atoms with E-state index in [1.807, 2.05) is 0 Å². The van der Waals surface area contributed by atoms with Gasteiger partial charge in [0.05, 0.1) is 6.10 Å². The highest BCUT2D eigenvalue weighted by atomic mass is 32.1. The Morgan fingerprint density at radius 3 is 3.18 bits per heavy atom. The lowest BCUT2D eigenvalue weighted by Gasteiger charge is -2.16. The molecule has 0 saturated carbocycles. The van der Waals surface area contributed by atoms with E-state index in [0.717, 1.165) is 19.3 Å². The number of aryl methyl sites for hydroxylation is 2. The second-order valence-electron chi connectivity index (χ2n) is 3.15. The van der Waals surface area contributed by atoms with Crippen LogP contribution >= 0.6 is 11.3 Å². The van der Waals surface area contributed by atoms with Gasteiger partial charge < -0.3 is 5.11 Å². The molecule has 1 aliphatic rings. The summed E-state index contributed by atoms with van der Waals surface area (Å²) in [5.74, 6) is 0. The van der Waals surface area contributed by atoms with E-state index >= 15 is 0 Å². The molecule has 1 aromatic heterocycles. The number of aliphatic hydroxyl groups excluding tert-OH is 1. The maximum Gasteiger partial charge on any atom is 0.0884 e. The minimum atomic E-state index is -0.169. The van der Waals surface area contributed by atoms with Crippen LogP contribution in [0.15, 0.2) is 6.07 Å². The van der Waals surface area contributed by atoms with Gasteiger partial charge in [0.15, 0.2) is 0 Å². The van der Waals surface area contributed by atoms with E-state index in [-0.39, 0.29) is 6.10 Å². The van der Waals surface area contributed by atoms with Gasteiger partial charge in [0.2, 0.25) is 0 Å². The van der Waals surface area contributed by atoms with Crippen molar-refractivity contribution < 1.29 is 5.11 Å². The first-order valence-corrected chi connectivity index (χ1v) is 4.86. The van der Waals surface area contributed by atoms with E-state index in [0.29, 0.717) is 0 Å². The molecule has 60 valence electrons. The number of thiophene rings is 1. The molecule has 1 unspecified atom stereocenters. The second kappa shape index (κ2) is 2.61. The highest BCUT2D eigenvalue weighted by Crippen LogP contribution is 2.35. The SMILES string of the molecule is Cc1cc2c(s1)C(O)CCC2. The molecule has 0 saturated heterocycles. The van der Waals surface area contributed by atoms with Gasteiger partial charge in [-0.1, -0.05) is 0 Å². The van der Waals surface area contributed by atoms with Gasteiger partial charge in [-0.3, -0.25) is 0 Å². The van der Waals surface area contributed by atoms with Gasteiger partial charge in [0.25, 0.3) is 0 Å². The molecule has 0 fully saturated rings. The zero-order valence-electron chi connectivity index (χ0n) is 6.63. The Labute approximate surface area is 70.7 Å². The molecule has 1 heterocycles. The lowest BCUT2D eigenvalue weighted by atomic mass is 9.97. The molecule has 0 radical (unpaired) electrons. The van der Waals surface area contributed by atoms with Crippen LogP contribution in [0.3, 0.4) is 0 Å². The third-order valence-corrected chi connectivity index (χ3v) is 3.39. The number of aliphatic hydroxyl groups is 1. The minimum Gasteiger partial charge on any atom is -0.388 e. The topological polar surface area (TPSA) is 20.2 Å². The summed E-state index contributed by atoms with van der Waals surface area (Å²) in [4.78, 5) is 2.55. The third kappa shape index (κ3) is 1.21. The van der Waals surface area contributed by atoms with Gasteiger partial charge in [0, 0.05) is 9.75 Å². The standard InChI is InChI=1S/C9H12OS/c1-6-5-7-3-2-4-8(10)9(7)11-6/h5,8,10H,2-4H2,1H3. The molecule has 0 amide bonds. The Kier molecular flexibility index (Phi) is 1.74. The van der Waals surface area contributed by atoms with E-state index in [4.69, 9.17) is 0 Å². The normalized spacial score (nSPS) is 23.3. The van der Waals surface area contributed by atoms with Crippen LogP contribution in [0.2, 0.25) is 0 Å². The molecule has 1 nitrogen and oxygen atoms in total. The van der Waals surface area contributed by atoms with Crippen molar-refractivity contribution >= 4 is 11.3 Å². The van der Waals surface area contributed by atoms with Crippen molar-refractivity contribution in [1.82, 2.24) is 0 Å². The molecule has 11 heavy (non-hydrogen) atoms. The van der Waals surface area contributed by atoms with Crippen molar-refractivity contribution in [2.45, 2.75) is 32.3 Å². The maximum atomic E-state index is 9.59. The van der Waals surface area contributed by atoms with Crippen molar-refractivity contribution in [2.75, 3.05) is 0 Å². The van der Waals surface area contributed by atoms with Gasteiger partial charge >= 0.3 is 0 Å². The molecule has 1 N–H and O–H groups in total. The predicted molar refractivity (Wildman–Crippen MR) is 47.0 cm³/mol. The van der Waals surface area contributed by atoms with Crippen molar-refractivity contribution in [3.05, 3.63) is 21.4 Å². The molecule has 1 aliphatic carbocycles. The molecule has 0 aliphatic heterocycles. The van der Waals surface area contributed by atoms with Gasteiger partial charge in [0.1, 0.15) is 0 Å². The van der Waals surface area contributed by atoms with E-state index in [1.165, 1.54) is 15.3 Å². The molecule has 1 aromatic rings. The summed E-state index contributed by atoms with van der Waals surface area (Å²) in [6.07, 6.45) is 3.09. The van der Waals surface area contributed by atoms with Gasteiger partial charge in [-0.25, -0.2) is 0 Å². The largest absolute Gasteiger partial charge is 0.388 e. The molecule has 0 bridgehead atoms. The Morgan fingerprint density at radius 2 is 2.45 bits per heavy atom. The van der Waals surface area contributed by atoms with E-state index < -0.39 is 0 Å². The van der Waals surface area contributed by atoms with Crippen molar-refractivity contribution in [2.24, 2.45) is 0 Å². The van der Waals surface area contributed by atoms with Gasteiger partial charge in [-0.15, -0.1) is 11.3 Å². The minimum absolute atomic E-state index is 0.169. The summed E-state index contributed by atoms with van der Waals surface area (Å²) >= 11 is 1.75. The Bertz CT molecular complexity index is 265. The number of hydrogen-bond acceptors (Lipinski definition) is 2. The van der Waals surface area contributed by atoms with E-state index in [9.17, 15) is 5.11 Å². The quantitative estimate of drug-likeness (QED) is 0.630. The molecule has 0 spiro atoms. The van der Waals surface area contributed by atoms with Gasteiger partial charge in [-0.05, 0) is 37.8 Å². The van der Waals surface area contributed by atoms with Crippen LogP contribution in [-0.4, -0.2) is 5.11 Å². The number of fused-ring (bicyclic) bond motifs is 1. The molecule has 0 aromatic carbocycles. The average Bonchev–Trinajstić information content (AvgIpc) is 2.31. The smallest absolute Gasteiger partial charge is 0.0884 e. The fourth-order valence-electron chi connectivity index (χ4n) is 1.68. The van der Waals surface area contributed by atoms with Crippen LogP contribution in [0, 0.1) is 6.92 Å². The second-order valence-corrected chi connectivity index (χ2v) is 4.44. The van der Waals surface area contributed by atoms with Crippen molar-refractivity contribution in [1.29, 1.82) is 0 Å². The molecular formula is C9H12OS. The van der Waals surface area contributed by atoms with E-state index in [2.05, 4.69) is 13.0 Å². The highest BCUT2D eigenvalue weighted by molar-refractivity contribution is 7.12.